The van der Waals surface area contributed by atoms with Crippen molar-refractivity contribution < 1.29 is 0 Å². The molecule has 14 heavy (non-hydrogen) atoms. The molecule has 0 aromatic carbocycles. The van der Waals surface area contributed by atoms with Crippen molar-refractivity contribution in [1.29, 1.82) is 0 Å². The van der Waals surface area contributed by atoms with Crippen molar-refractivity contribution in [2.24, 2.45) is 5.92 Å². The highest BCUT2D eigenvalue weighted by Crippen LogP contribution is 2.16. The van der Waals surface area contributed by atoms with Crippen LogP contribution < -0.4 is 0 Å². The predicted molar refractivity (Wildman–Crippen MR) is 63.3 cm³/mol. The zero-order chi connectivity index (χ0) is 10.4. The van der Waals surface area contributed by atoms with Crippen molar-refractivity contribution in [3.63, 3.8) is 0 Å². The van der Waals surface area contributed by atoms with E-state index in [1.807, 2.05) is 12.2 Å². The van der Waals surface area contributed by atoms with Gasteiger partial charge < -0.3 is 0 Å². The smallest absolute Gasteiger partial charge is 0.0227 e. The standard InChI is InChI=1S/C13H21N/c1-4-5-6-13(3)11-14-9-7-12(2)8-10-14/h4-6,12H,1,3,7-11H2,2H3/b6-5-. The molecule has 1 aliphatic heterocycles. The molecule has 1 heteroatoms. The second kappa shape index (κ2) is 5.82. The topological polar surface area (TPSA) is 3.24 Å². The van der Waals surface area contributed by atoms with Crippen LogP contribution in [0.2, 0.25) is 0 Å². The Morgan fingerprint density at radius 3 is 2.64 bits per heavy atom. The first-order valence-corrected chi connectivity index (χ1v) is 5.41. The molecule has 0 aliphatic carbocycles. The van der Waals surface area contributed by atoms with Crippen LogP contribution in [0.5, 0.6) is 0 Å². The Morgan fingerprint density at radius 1 is 1.43 bits per heavy atom. The maximum Gasteiger partial charge on any atom is 0.0227 e. The fourth-order valence-corrected chi connectivity index (χ4v) is 1.76. The van der Waals surface area contributed by atoms with E-state index in [1.54, 1.807) is 6.08 Å². The summed E-state index contributed by atoms with van der Waals surface area (Å²) in [6.07, 6.45) is 8.46. The van der Waals surface area contributed by atoms with Crippen LogP contribution in [-0.2, 0) is 0 Å². The number of hydrogen-bond acceptors (Lipinski definition) is 1. The van der Waals surface area contributed by atoms with E-state index in [9.17, 15) is 0 Å². The lowest BCUT2D eigenvalue weighted by Gasteiger charge is -2.30. The molecule has 1 saturated heterocycles. The molecule has 1 aliphatic rings. The first-order chi connectivity index (χ1) is 6.72. The normalized spacial score (nSPS) is 20.1. The van der Waals surface area contributed by atoms with Gasteiger partial charge in [-0.2, -0.15) is 0 Å². The van der Waals surface area contributed by atoms with Gasteiger partial charge in [-0.3, -0.25) is 4.90 Å². The van der Waals surface area contributed by atoms with Gasteiger partial charge >= 0.3 is 0 Å². The van der Waals surface area contributed by atoms with Gasteiger partial charge in [0.15, 0.2) is 0 Å². The Labute approximate surface area is 87.8 Å². The summed E-state index contributed by atoms with van der Waals surface area (Å²) in [6.45, 7) is 13.5. The van der Waals surface area contributed by atoms with Gasteiger partial charge in [0.05, 0.1) is 0 Å². The molecule has 0 spiro atoms. The van der Waals surface area contributed by atoms with E-state index in [1.165, 1.54) is 31.5 Å². The lowest BCUT2D eigenvalue weighted by atomic mass is 9.99. The minimum Gasteiger partial charge on any atom is -0.299 e. The van der Waals surface area contributed by atoms with Crippen molar-refractivity contribution >= 4 is 0 Å². The van der Waals surface area contributed by atoms with Gasteiger partial charge in [-0.1, -0.05) is 38.3 Å². The maximum absolute atomic E-state index is 4.03. The fraction of sp³-hybridized carbons (Fsp3) is 0.538. The largest absolute Gasteiger partial charge is 0.299 e. The van der Waals surface area contributed by atoms with Crippen molar-refractivity contribution in [1.82, 2.24) is 4.90 Å². The highest BCUT2D eigenvalue weighted by Gasteiger charge is 2.14. The van der Waals surface area contributed by atoms with Crippen LogP contribution in [0.25, 0.3) is 0 Å². The molecule has 78 valence electrons. The highest BCUT2D eigenvalue weighted by molar-refractivity contribution is 5.19. The average molecular weight is 191 g/mol. The van der Waals surface area contributed by atoms with E-state index in [4.69, 9.17) is 0 Å². The van der Waals surface area contributed by atoms with Gasteiger partial charge in [-0.05, 0) is 37.4 Å². The van der Waals surface area contributed by atoms with E-state index < -0.39 is 0 Å². The van der Waals surface area contributed by atoms with Crippen LogP contribution in [0.4, 0.5) is 0 Å². The summed E-state index contributed by atoms with van der Waals surface area (Å²) in [5, 5.41) is 0. The Hall–Kier alpha value is -0.820. The monoisotopic (exact) mass is 191 g/mol. The fourth-order valence-electron chi connectivity index (χ4n) is 1.76. The van der Waals surface area contributed by atoms with Gasteiger partial charge in [0, 0.05) is 6.54 Å². The summed E-state index contributed by atoms with van der Waals surface area (Å²) in [7, 11) is 0. The molecule has 1 nitrogen and oxygen atoms in total. The summed E-state index contributed by atoms with van der Waals surface area (Å²) < 4.78 is 0. The molecule has 0 unspecified atom stereocenters. The number of rotatable bonds is 4. The quantitative estimate of drug-likeness (QED) is 0.617. The van der Waals surface area contributed by atoms with Crippen LogP contribution in [-0.4, -0.2) is 24.5 Å². The Bertz CT molecular complexity index is 219. The number of hydrogen-bond donors (Lipinski definition) is 0. The van der Waals surface area contributed by atoms with Crippen LogP contribution in [0, 0.1) is 5.92 Å². The third kappa shape index (κ3) is 3.93. The molecule has 0 N–H and O–H groups in total. The molecule has 0 saturated carbocycles. The highest BCUT2D eigenvalue weighted by atomic mass is 15.1. The molecule has 0 amide bonds. The summed E-state index contributed by atoms with van der Waals surface area (Å²) in [4.78, 5) is 2.48. The van der Waals surface area contributed by atoms with E-state index in [0.717, 1.165) is 12.5 Å². The van der Waals surface area contributed by atoms with Gasteiger partial charge in [0.2, 0.25) is 0 Å². The SMILES string of the molecule is C=C/C=C\C(=C)CN1CCC(C)CC1. The Morgan fingerprint density at radius 2 is 2.07 bits per heavy atom. The zero-order valence-corrected chi connectivity index (χ0v) is 9.21. The maximum atomic E-state index is 4.03. The molecule has 0 radical (unpaired) electrons. The second-order valence-electron chi connectivity index (χ2n) is 4.21. The molecule has 0 aromatic heterocycles. The molecular formula is C13H21N. The summed E-state index contributed by atoms with van der Waals surface area (Å²) in [6, 6.07) is 0. The van der Waals surface area contributed by atoms with Crippen LogP contribution >= 0.6 is 0 Å². The summed E-state index contributed by atoms with van der Waals surface area (Å²) in [5.41, 5.74) is 1.18. The average Bonchev–Trinajstić information content (AvgIpc) is 2.18. The Balaban J connectivity index is 2.27. The third-order valence-corrected chi connectivity index (χ3v) is 2.77. The lowest BCUT2D eigenvalue weighted by Crippen LogP contribution is -2.33. The lowest BCUT2D eigenvalue weighted by molar-refractivity contribution is 0.207. The molecule has 0 atom stereocenters. The molecule has 1 heterocycles. The summed E-state index contributed by atoms with van der Waals surface area (Å²) in [5.74, 6) is 0.906. The number of nitrogens with zero attached hydrogens (tertiary/aromatic N) is 1. The predicted octanol–water partition coefficient (Wildman–Crippen LogP) is 3.02. The van der Waals surface area contributed by atoms with Crippen molar-refractivity contribution in [2.75, 3.05) is 19.6 Å². The number of piperidine rings is 1. The van der Waals surface area contributed by atoms with Crippen LogP contribution in [0.15, 0.2) is 37.0 Å². The second-order valence-corrected chi connectivity index (χ2v) is 4.21. The van der Waals surface area contributed by atoms with Gasteiger partial charge in [-0.25, -0.2) is 0 Å². The first-order valence-electron chi connectivity index (χ1n) is 5.41. The minimum absolute atomic E-state index is 0.906. The van der Waals surface area contributed by atoms with Crippen molar-refractivity contribution in [3.05, 3.63) is 37.0 Å². The molecule has 0 aromatic rings. The van der Waals surface area contributed by atoms with Gasteiger partial charge in [0.25, 0.3) is 0 Å². The van der Waals surface area contributed by atoms with Crippen LogP contribution in [0.3, 0.4) is 0 Å². The third-order valence-electron chi connectivity index (χ3n) is 2.77. The number of allylic oxidation sites excluding steroid dienone is 2. The summed E-state index contributed by atoms with van der Waals surface area (Å²) >= 11 is 0. The molecule has 0 bridgehead atoms. The Kier molecular flexibility index (Phi) is 4.68. The van der Waals surface area contributed by atoms with E-state index >= 15 is 0 Å². The molecule has 1 fully saturated rings. The zero-order valence-electron chi connectivity index (χ0n) is 9.21. The van der Waals surface area contributed by atoms with Crippen LogP contribution in [0.1, 0.15) is 19.8 Å². The first kappa shape index (κ1) is 11.3. The van der Waals surface area contributed by atoms with Gasteiger partial charge in [-0.15, -0.1) is 0 Å². The van der Waals surface area contributed by atoms with E-state index in [0.29, 0.717) is 0 Å². The number of likely N-dealkylation sites (tertiary alicyclic amines) is 1. The molecule has 1 rings (SSSR count). The van der Waals surface area contributed by atoms with Gasteiger partial charge in [0.1, 0.15) is 0 Å². The van der Waals surface area contributed by atoms with E-state index in [-0.39, 0.29) is 0 Å². The van der Waals surface area contributed by atoms with E-state index in [2.05, 4.69) is 25.0 Å². The molecular weight excluding hydrogens is 170 g/mol. The van der Waals surface area contributed by atoms with Crippen molar-refractivity contribution in [3.8, 4) is 0 Å². The minimum atomic E-state index is 0.906. The van der Waals surface area contributed by atoms with Crippen molar-refractivity contribution in [2.45, 2.75) is 19.8 Å².